The van der Waals surface area contributed by atoms with Gasteiger partial charge in [-0.15, -0.1) is 0 Å². The van der Waals surface area contributed by atoms with E-state index in [4.69, 9.17) is 0 Å². The summed E-state index contributed by atoms with van der Waals surface area (Å²) in [5, 5.41) is 3.21. The van der Waals surface area contributed by atoms with Crippen LogP contribution >= 0.6 is 15.9 Å². The van der Waals surface area contributed by atoms with Gasteiger partial charge in [0.2, 0.25) is 5.91 Å². The molecule has 0 aromatic carbocycles. The first kappa shape index (κ1) is 10.5. The molecule has 2 rings (SSSR count). The van der Waals surface area contributed by atoms with Gasteiger partial charge in [-0.1, -0.05) is 22.9 Å². The molecule has 2 fully saturated rings. The van der Waals surface area contributed by atoms with Gasteiger partial charge in [0.15, 0.2) is 0 Å². The van der Waals surface area contributed by atoms with Crippen LogP contribution in [-0.2, 0) is 4.79 Å². The van der Waals surface area contributed by atoms with Crippen LogP contribution in [0.5, 0.6) is 0 Å². The van der Waals surface area contributed by atoms with E-state index in [9.17, 15) is 4.79 Å². The summed E-state index contributed by atoms with van der Waals surface area (Å²) in [7, 11) is 0. The Morgan fingerprint density at radius 2 is 1.86 bits per heavy atom. The van der Waals surface area contributed by atoms with E-state index in [-0.39, 0.29) is 10.7 Å². The molecule has 0 spiro atoms. The van der Waals surface area contributed by atoms with Gasteiger partial charge in [-0.3, -0.25) is 4.79 Å². The molecule has 80 valence electrons. The quantitative estimate of drug-likeness (QED) is 0.756. The smallest absolute Gasteiger partial charge is 0.234 e. The van der Waals surface area contributed by atoms with Crippen LogP contribution in [-0.4, -0.2) is 16.8 Å². The van der Waals surface area contributed by atoms with Gasteiger partial charge in [0.1, 0.15) is 0 Å². The number of carbonyl (C=O) groups is 1. The molecule has 0 aliphatic heterocycles. The van der Waals surface area contributed by atoms with Crippen LogP contribution in [0.3, 0.4) is 0 Å². The van der Waals surface area contributed by atoms with Gasteiger partial charge < -0.3 is 5.32 Å². The van der Waals surface area contributed by atoms with E-state index < -0.39 is 0 Å². The number of carbonyl (C=O) groups excluding carboxylic acids is 1. The minimum absolute atomic E-state index is 0.00231. The molecule has 0 aromatic rings. The predicted molar refractivity (Wildman–Crippen MR) is 60.4 cm³/mol. The van der Waals surface area contributed by atoms with Crippen molar-refractivity contribution in [2.75, 3.05) is 0 Å². The number of alkyl halides is 1. The van der Waals surface area contributed by atoms with Crippen molar-refractivity contribution < 1.29 is 4.79 Å². The zero-order valence-electron chi connectivity index (χ0n) is 8.63. The topological polar surface area (TPSA) is 29.1 Å². The number of rotatable bonds is 5. The van der Waals surface area contributed by atoms with Crippen molar-refractivity contribution in [1.29, 1.82) is 0 Å². The average molecular weight is 260 g/mol. The van der Waals surface area contributed by atoms with Crippen molar-refractivity contribution in [3.8, 4) is 0 Å². The first-order valence-corrected chi connectivity index (χ1v) is 6.58. The highest BCUT2D eigenvalue weighted by Crippen LogP contribution is 2.44. The van der Waals surface area contributed by atoms with Crippen molar-refractivity contribution >= 4 is 21.8 Å². The lowest BCUT2D eigenvalue weighted by atomic mass is 10.1. The molecule has 1 amide bonds. The molecule has 1 unspecified atom stereocenters. The third kappa shape index (κ3) is 2.50. The molecule has 0 radical (unpaired) electrons. The lowest BCUT2D eigenvalue weighted by Crippen LogP contribution is -2.41. The van der Waals surface area contributed by atoms with Gasteiger partial charge in [0, 0.05) is 6.04 Å². The molecule has 1 atom stereocenters. The van der Waals surface area contributed by atoms with E-state index in [1.165, 1.54) is 25.7 Å². The summed E-state index contributed by atoms with van der Waals surface area (Å²) in [5.41, 5.74) is 0. The van der Waals surface area contributed by atoms with Crippen LogP contribution in [0.1, 0.15) is 39.0 Å². The molecule has 0 aromatic heterocycles. The summed E-state index contributed by atoms with van der Waals surface area (Å²) in [6.07, 6.45) is 6.15. The Kier molecular flexibility index (Phi) is 3.15. The number of nitrogens with one attached hydrogen (secondary N) is 1. The monoisotopic (exact) mass is 259 g/mol. The normalized spacial score (nSPS) is 23.6. The predicted octanol–water partition coefficient (Wildman–Crippen LogP) is 2.46. The summed E-state index contributed by atoms with van der Waals surface area (Å²) < 4.78 is 0. The van der Waals surface area contributed by atoms with E-state index >= 15 is 0 Å². The van der Waals surface area contributed by atoms with E-state index in [1.807, 2.05) is 6.92 Å². The third-order valence-corrected chi connectivity index (χ3v) is 4.27. The van der Waals surface area contributed by atoms with Gasteiger partial charge in [-0.2, -0.15) is 0 Å². The number of hydrogen-bond acceptors (Lipinski definition) is 1. The molecule has 0 heterocycles. The Balaban J connectivity index is 1.83. The third-order valence-electron chi connectivity index (χ3n) is 3.21. The van der Waals surface area contributed by atoms with Crippen LogP contribution < -0.4 is 5.32 Å². The second-order valence-electron chi connectivity index (χ2n) is 4.59. The van der Waals surface area contributed by atoms with Crippen molar-refractivity contribution in [2.45, 2.75) is 49.9 Å². The minimum atomic E-state index is 0.00231. The summed E-state index contributed by atoms with van der Waals surface area (Å²) in [6, 6.07) is 0.495. The van der Waals surface area contributed by atoms with E-state index in [0.717, 1.165) is 18.3 Å². The second-order valence-corrected chi connectivity index (χ2v) is 5.69. The second kappa shape index (κ2) is 4.21. The maximum absolute atomic E-state index is 11.7. The Morgan fingerprint density at radius 1 is 1.36 bits per heavy atom. The molecule has 0 bridgehead atoms. The van der Waals surface area contributed by atoms with Gasteiger partial charge >= 0.3 is 0 Å². The fourth-order valence-corrected chi connectivity index (χ4v) is 2.10. The first-order chi connectivity index (χ1) is 6.72. The number of halogens is 1. The van der Waals surface area contributed by atoms with E-state index in [2.05, 4.69) is 21.2 Å². The average Bonchev–Trinajstić information content (AvgIpc) is 3.04. The molecule has 2 saturated carbocycles. The van der Waals surface area contributed by atoms with Gasteiger partial charge in [0.05, 0.1) is 4.83 Å². The molecule has 3 heteroatoms. The Bertz CT molecular complexity index is 211. The Hall–Kier alpha value is -0.0500. The van der Waals surface area contributed by atoms with E-state index in [1.54, 1.807) is 0 Å². The maximum atomic E-state index is 11.7. The number of amides is 1. The van der Waals surface area contributed by atoms with Gasteiger partial charge in [0.25, 0.3) is 0 Å². The highest BCUT2D eigenvalue weighted by atomic mass is 79.9. The molecule has 2 aliphatic carbocycles. The molecular weight excluding hydrogens is 242 g/mol. The number of hydrogen-bond donors (Lipinski definition) is 1. The molecular formula is C11H18BrNO. The first-order valence-electron chi connectivity index (χ1n) is 5.66. The molecule has 2 nitrogen and oxygen atoms in total. The molecule has 0 saturated heterocycles. The van der Waals surface area contributed by atoms with Crippen molar-refractivity contribution in [2.24, 2.45) is 11.8 Å². The van der Waals surface area contributed by atoms with Gasteiger partial charge in [-0.25, -0.2) is 0 Å². The van der Waals surface area contributed by atoms with Crippen LogP contribution in [0.25, 0.3) is 0 Å². The highest BCUT2D eigenvalue weighted by Gasteiger charge is 2.42. The molecule has 2 aliphatic rings. The van der Waals surface area contributed by atoms with Crippen LogP contribution in [0, 0.1) is 11.8 Å². The fraction of sp³-hybridized carbons (Fsp3) is 0.909. The summed E-state index contributed by atoms with van der Waals surface area (Å²) >= 11 is 3.40. The van der Waals surface area contributed by atoms with Crippen molar-refractivity contribution in [1.82, 2.24) is 5.32 Å². The summed E-state index contributed by atoms with van der Waals surface area (Å²) in [4.78, 5) is 11.7. The van der Waals surface area contributed by atoms with Crippen molar-refractivity contribution in [3.63, 3.8) is 0 Å². The SMILES string of the molecule is CCC(Br)C(=O)NC(C1CC1)C1CC1. The zero-order chi connectivity index (χ0) is 10.1. The van der Waals surface area contributed by atoms with Crippen LogP contribution in [0.4, 0.5) is 0 Å². The lowest BCUT2D eigenvalue weighted by molar-refractivity contribution is -0.121. The molecule has 1 N–H and O–H groups in total. The van der Waals surface area contributed by atoms with Gasteiger partial charge in [-0.05, 0) is 43.9 Å². The van der Waals surface area contributed by atoms with Crippen LogP contribution in [0.15, 0.2) is 0 Å². The highest BCUT2D eigenvalue weighted by molar-refractivity contribution is 9.10. The zero-order valence-corrected chi connectivity index (χ0v) is 10.2. The summed E-state index contributed by atoms with van der Waals surface area (Å²) in [6.45, 7) is 2.03. The Morgan fingerprint density at radius 3 is 2.21 bits per heavy atom. The van der Waals surface area contributed by atoms with Crippen molar-refractivity contribution in [3.05, 3.63) is 0 Å². The minimum Gasteiger partial charge on any atom is -0.352 e. The largest absolute Gasteiger partial charge is 0.352 e. The fourth-order valence-electron chi connectivity index (χ4n) is 1.97. The van der Waals surface area contributed by atoms with Crippen LogP contribution in [0.2, 0.25) is 0 Å². The standard InChI is InChI=1S/C11H18BrNO/c1-2-9(12)11(14)13-10(7-3-4-7)8-5-6-8/h7-10H,2-6H2,1H3,(H,13,14). The van der Waals surface area contributed by atoms with E-state index in [0.29, 0.717) is 6.04 Å². The molecule has 14 heavy (non-hydrogen) atoms. The lowest BCUT2D eigenvalue weighted by Gasteiger charge is -2.19. The maximum Gasteiger partial charge on any atom is 0.234 e. The summed E-state index contributed by atoms with van der Waals surface area (Å²) in [5.74, 6) is 1.78. The Labute approximate surface area is 94.0 Å².